The van der Waals surface area contributed by atoms with Crippen molar-refractivity contribution in [1.82, 2.24) is 15.5 Å². The smallest absolute Gasteiger partial charge is 0.234 e. The third kappa shape index (κ3) is 3.72. The summed E-state index contributed by atoms with van der Waals surface area (Å²) < 4.78 is 0. The van der Waals surface area contributed by atoms with Crippen molar-refractivity contribution < 1.29 is 9.59 Å². The highest BCUT2D eigenvalue weighted by molar-refractivity contribution is 5.81. The Hall–Kier alpha value is -1.10. The van der Waals surface area contributed by atoms with Crippen LogP contribution in [0.15, 0.2) is 0 Å². The Morgan fingerprint density at radius 2 is 1.65 bits per heavy atom. The first-order chi connectivity index (χ1) is 9.70. The maximum absolute atomic E-state index is 12.0. The van der Waals surface area contributed by atoms with Crippen LogP contribution in [0.25, 0.3) is 0 Å². The molecule has 5 heteroatoms. The van der Waals surface area contributed by atoms with Gasteiger partial charge in [0.05, 0.1) is 12.5 Å². The second-order valence-electron chi connectivity index (χ2n) is 6.55. The number of rotatable bonds is 5. The summed E-state index contributed by atoms with van der Waals surface area (Å²) in [4.78, 5) is 26.0. The first-order valence-electron chi connectivity index (χ1n) is 8.03. The molecule has 2 saturated carbocycles. The van der Waals surface area contributed by atoms with Gasteiger partial charge in [-0.2, -0.15) is 0 Å². The zero-order chi connectivity index (χ0) is 13.9. The molecule has 2 aliphatic carbocycles. The number of amides is 2. The van der Waals surface area contributed by atoms with E-state index in [0.717, 1.165) is 45.2 Å². The molecular weight excluding hydrogens is 254 g/mol. The summed E-state index contributed by atoms with van der Waals surface area (Å²) >= 11 is 0. The van der Waals surface area contributed by atoms with Crippen molar-refractivity contribution in [2.75, 3.05) is 19.6 Å². The molecule has 1 atom stereocenters. The lowest BCUT2D eigenvalue weighted by molar-refractivity contribution is -0.126. The largest absolute Gasteiger partial charge is 0.353 e. The topological polar surface area (TPSA) is 61.4 Å². The van der Waals surface area contributed by atoms with Gasteiger partial charge in [0.1, 0.15) is 0 Å². The van der Waals surface area contributed by atoms with E-state index in [9.17, 15) is 9.59 Å². The second kappa shape index (κ2) is 6.12. The molecule has 0 aromatic carbocycles. The zero-order valence-corrected chi connectivity index (χ0v) is 12.1. The SMILES string of the molecule is O=C(CN1CCC(C(=O)NC2CC2)C1)NC1CCCC1. The van der Waals surface area contributed by atoms with Crippen LogP contribution in [0.2, 0.25) is 0 Å². The predicted molar refractivity (Wildman–Crippen MR) is 76.1 cm³/mol. The number of nitrogens with zero attached hydrogens (tertiary/aromatic N) is 1. The van der Waals surface area contributed by atoms with E-state index in [1.807, 2.05) is 0 Å². The number of hydrogen-bond donors (Lipinski definition) is 2. The fraction of sp³-hybridized carbons (Fsp3) is 0.867. The summed E-state index contributed by atoms with van der Waals surface area (Å²) in [5.41, 5.74) is 0. The van der Waals surface area contributed by atoms with Crippen LogP contribution in [-0.2, 0) is 9.59 Å². The molecule has 1 unspecified atom stereocenters. The standard InChI is InChI=1S/C15H25N3O2/c19-14(16-12-3-1-2-4-12)10-18-8-7-11(9-18)15(20)17-13-5-6-13/h11-13H,1-10H2,(H,16,19)(H,17,20). The van der Waals surface area contributed by atoms with Gasteiger partial charge in [0.25, 0.3) is 0 Å². The van der Waals surface area contributed by atoms with E-state index in [1.54, 1.807) is 0 Å². The average Bonchev–Trinajstić information content (AvgIpc) is 2.91. The zero-order valence-electron chi connectivity index (χ0n) is 12.1. The van der Waals surface area contributed by atoms with Crippen LogP contribution < -0.4 is 10.6 Å². The Labute approximate surface area is 120 Å². The molecule has 1 heterocycles. The molecule has 0 aromatic heterocycles. The van der Waals surface area contributed by atoms with Crippen molar-refractivity contribution in [3.8, 4) is 0 Å². The van der Waals surface area contributed by atoms with E-state index in [4.69, 9.17) is 0 Å². The Balaban J connectivity index is 1.38. The van der Waals surface area contributed by atoms with Crippen molar-refractivity contribution in [1.29, 1.82) is 0 Å². The molecule has 0 spiro atoms. The van der Waals surface area contributed by atoms with Crippen LogP contribution >= 0.6 is 0 Å². The van der Waals surface area contributed by atoms with Gasteiger partial charge in [0, 0.05) is 18.6 Å². The number of carbonyl (C=O) groups is 2. The number of carbonyl (C=O) groups excluding carboxylic acids is 2. The van der Waals surface area contributed by atoms with E-state index in [1.165, 1.54) is 12.8 Å². The predicted octanol–water partition coefficient (Wildman–Crippen LogP) is 0.646. The highest BCUT2D eigenvalue weighted by Gasteiger charge is 2.32. The summed E-state index contributed by atoms with van der Waals surface area (Å²) in [5, 5.41) is 6.17. The first kappa shape index (κ1) is 13.9. The molecule has 0 radical (unpaired) electrons. The number of nitrogens with one attached hydrogen (secondary N) is 2. The minimum Gasteiger partial charge on any atom is -0.353 e. The molecule has 0 bridgehead atoms. The van der Waals surface area contributed by atoms with Crippen LogP contribution in [0.3, 0.4) is 0 Å². The van der Waals surface area contributed by atoms with Gasteiger partial charge in [-0.25, -0.2) is 0 Å². The van der Waals surface area contributed by atoms with E-state index in [-0.39, 0.29) is 17.7 Å². The normalized spacial score (nSPS) is 27.7. The van der Waals surface area contributed by atoms with E-state index >= 15 is 0 Å². The average molecular weight is 279 g/mol. The van der Waals surface area contributed by atoms with Crippen molar-refractivity contribution in [2.45, 2.75) is 57.0 Å². The van der Waals surface area contributed by atoms with Crippen LogP contribution in [0, 0.1) is 5.92 Å². The molecule has 112 valence electrons. The van der Waals surface area contributed by atoms with Gasteiger partial charge in [-0.3, -0.25) is 14.5 Å². The van der Waals surface area contributed by atoms with Gasteiger partial charge in [-0.15, -0.1) is 0 Å². The van der Waals surface area contributed by atoms with Crippen molar-refractivity contribution in [3.05, 3.63) is 0 Å². The number of hydrogen-bond acceptors (Lipinski definition) is 3. The molecular formula is C15H25N3O2. The molecule has 2 N–H and O–H groups in total. The maximum Gasteiger partial charge on any atom is 0.234 e. The lowest BCUT2D eigenvalue weighted by Crippen LogP contribution is -2.41. The summed E-state index contributed by atoms with van der Waals surface area (Å²) in [6.45, 7) is 2.04. The van der Waals surface area contributed by atoms with Crippen LogP contribution in [0.4, 0.5) is 0 Å². The molecule has 5 nitrogen and oxygen atoms in total. The quantitative estimate of drug-likeness (QED) is 0.776. The highest BCUT2D eigenvalue weighted by atomic mass is 16.2. The summed E-state index contributed by atoms with van der Waals surface area (Å²) in [6.07, 6.45) is 7.86. The molecule has 1 aliphatic heterocycles. The second-order valence-corrected chi connectivity index (χ2v) is 6.55. The molecule has 2 amide bonds. The Morgan fingerprint density at radius 1 is 0.950 bits per heavy atom. The minimum atomic E-state index is 0.0786. The lowest BCUT2D eigenvalue weighted by atomic mass is 10.1. The molecule has 3 aliphatic rings. The fourth-order valence-electron chi connectivity index (χ4n) is 3.28. The van der Waals surface area contributed by atoms with Crippen LogP contribution in [0.1, 0.15) is 44.9 Å². The first-order valence-corrected chi connectivity index (χ1v) is 8.03. The Morgan fingerprint density at radius 3 is 2.35 bits per heavy atom. The van der Waals surface area contributed by atoms with E-state index in [0.29, 0.717) is 18.6 Å². The van der Waals surface area contributed by atoms with Gasteiger partial charge in [0.2, 0.25) is 11.8 Å². The molecule has 1 saturated heterocycles. The number of likely N-dealkylation sites (tertiary alicyclic amines) is 1. The Kier molecular flexibility index (Phi) is 4.24. The fourth-order valence-corrected chi connectivity index (χ4v) is 3.28. The van der Waals surface area contributed by atoms with Gasteiger partial charge >= 0.3 is 0 Å². The summed E-state index contributed by atoms with van der Waals surface area (Å²) in [7, 11) is 0. The highest BCUT2D eigenvalue weighted by Crippen LogP contribution is 2.22. The monoisotopic (exact) mass is 279 g/mol. The Bertz CT molecular complexity index is 375. The van der Waals surface area contributed by atoms with Gasteiger partial charge in [-0.05, 0) is 38.6 Å². The van der Waals surface area contributed by atoms with Crippen LogP contribution in [0.5, 0.6) is 0 Å². The van der Waals surface area contributed by atoms with Crippen molar-refractivity contribution >= 4 is 11.8 Å². The lowest BCUT2D eigenvalue weighted by Gasteiger charge is -2.18. The van der Waals surface area contributed by atoms with Gasteiger partial charge in [0.15, 0.2) is 0 Å². The minimum absolute atomic E-state index is 0.0786. The third-order valence-corrected chi connectivity index (χ3v) is 4.65. The third-order valence-electron chi connectivity index (χ3n) is 4.65. The molecule has 3 fully saturated rings. The van der Waals surface area contributed by atoms with Gasteiger partial charge in [-0.1, -0.05) is 12.8 Å². The molecule has 0 aromatic rings. The van der Waals surface area contributed by atoms with Crippen LogP contribution in [-0.4, -0.2) is 48.4 Å². The summed E-state index contributed by atoms with van der Waals surface area (Å²) in [6, 6.07) is 0.821. The van der Waals surface area contributed by atoms with Crippen molar-refractivity contribution in [3.63, 3.8) is 0 Å². The van der Waals surface area contributed by atoms with E-state index in [2.05, 4.69) is 15.5 Å². The molecule has 20 heavy (non-hydrogen) atoms. The van der Waals surface area contributed by atoms with Crippen molar-refractivity contribution in [2.24, 2.45) is 5.92 Å². The molecule has 3 rings (SSSR count). The maximum atomic E-state index is 12.0. The summed E-state index contributed by atoms with van der Waals surface area (Å²) in [5.74, 6) is 0.390. The van der Waals surface area contributed by atoms with E-state index < -0.39 is 0 Å². The van der Waals surface area contributed by atoms with Gasteiger partial charge < -0.3 is 10.6 Å².